The second-order valence-corrected chi connectivity index (χ2v) is 8.48. The van der Waals surface area contributed by atoms with E-state index in [4.69, 9.17) is 9.72 Å². The van der Waals surface area contributed by atoms with Crippen LogP contribution in [0.2, 0.25) is 0 Å². The van der Waals surface area contributed by atoms with Gasteiger partial charge in [0.25, 0.3) is 0 Å². The Morgan fingerprint density at radius 2 is 1.69 bits per heavy atom. The van der Waals surface area contributed by atoms with Gasteiger partial charge in [0.15, 0.2) is 5.82 Å². The summed E-state index contributed by atoms with van der Waals surface area (Å²) in [4.78, 5) is 23.5. The first kappa shape index (κ1) is 21.5. The molecule has 5 aromatic rings. The van der Waals surface area contributed by atoms with Crippen LogP contribution < -0.4 is 10.1 Å². The fourth-order valence-electron chi connectivity index (χ4n) is 4.19. The first-order valence-corrected chi connectivity index (χ1v) is 11.5. The van der Waals surface area contributed by atoms with Crippen LogP contribution in [0.1, 0.15) is 11.1 Å². The van der Waals surface area contributed by atoms with Crippen molar-refractivity contribution in [2.75, 3.05) is 5.32 Å². The van der Waals surface area contributed by atoms with E-state index in [-0.39, 0.29) is 6.09 Å². The molecule has 3 heterocycles. The van der Waals surface area contributed by atoms with Gasteiger partial charge in [-0.3, -0.25) is 10.00 Å². The number of aromatic amines is 1. The average Bonchev–Trinajstić information content (AvgIpc) is 3.60. The largest absolute Gasteiger partial charge is 0.415 e. The van der Waals surface area contributed by atoms with Crippen LogP contribution in [0.3, 0.4) is 0 Å². The number of carbonyl (C=O) groups excluding carboxylic acids is 1. The highest BCUT2D eigenvalue weighted by Gasteiger charge is 2.25. The number of nitrogens with zero attached hydrogens (tertiary/aromatic N) is 4. The molecule has 8 nitrogen and oxygen atoms in total. The second kappa shape index (κ2) is 9.34. The van der Waals surface area contributed by atoms with Crippen molar-refractivity contribution in [3.05, 3.63) is 109 Å². The van der Waals surface area contributed by atoms with Crippen LogP contribution in [0.4, 0.5) is 16.3 Å². The molecule has 1 aliphatic rings. The summed E-state index contributed by atoms with van der Waals surface area (Å²) in [6.07, 6.45) is 5.03. The molecule has 0 saturated carbocycles. The van der Waals surface area contributed by atoms with Gasteiger partial charge in [0.2, 0.25) is 0 Å². The Labute approximate surface area is 207 Å². The molecule has 0 radical (unpaired) electrons. The lowest BCUT2D eigenvalue weighted by Crippen LogP contribution is -2.28. The van der Waals surface area contributed by atoms with Crippen LogP contribution in [0.15, 0.2) is 97.5 Å². The van der Waals surface area contributed by atoms with E-state index in [1.807, 2.05) is 72.9 Å². The zero-order valence-corrected chi connectivity index (χ0v) is 19.3. The molecule has 1 aliphatic heterocycles. The number of ether oxygens (including phenoxy) is 1. The molecule has 176 valence electrons. The number of fused-ring (bicyclic) bond motifs is 1. The fourth-order valence-corrected chi connectivity index (χ4v) is 4.19. The molecule has 1 amide bonds. The van der Waals surface area contributed by atoms with E-state index in [1.54, 1.807) is 29.4 Å². The maximum Gasteiger partial charge on any atom is 0.415 e. The van der Waals surface area contributed by atoms with E-state index < -0.39 is 0 Å². The van der Waals surface area contributed by atoms with Gasteiger partial charge in [0.05, 0.1) is 6.20 Å². The molecule has 0 fully saturated rings. The van der Waals surface area contributed by atoms with Gasteiger partial charge >= 0.3 is 6.09 Å². The Hall–Kier alpha value is -4.98. The number of para-hydroxylation sites is 1. The molecule has 36 heavy (non-hydrogen) atoms. The molecule has 3 aromatic carbocycles. The topological polar surface area (TPSA) is 96.0 Å². The predicted molar refractivity (Wildman–Crippen MR) is 136 cm³/mol. The minimum atomic E-state index is -0.361. The Morgan fingerprint density at radius 3 is 2.50 bits per heavy atom. The van der Waals surface area contributed by atoms with Crippen LogP contribution in [-0.2, 0) is 13.1 Å². The van der Waals surface area contributed by atoms with Gasteiger partial charge in [-0.25, -0.2) is 14.8 Å². The molecule has 2 aromatic heterocycles. The smallest absolute Gasteiger partial charge is 0.410 e. The number of carbonyl (C=O) groups is 1. The predicted octanol–water partition coefficient (Wildman–Crippen LogP) is 5.79. The summed E-state index contributed by atoms with van der Waals surface area (Å²) in [6, 6.07) is 25.1. The number of anilines is 2. The van der Waals surface area contributed by atoms with E-state index in [2.05, 4.69) is 20.5 Å². The zero-order valence-electron chi connectivity index (χ0n) is 19.3. The summed E-state index contributed by atoms with van der Waals surface area (Å²) in [5, 5.41) is 10.2. The fraction of sp³-hybridized carbons (Fsp3) is 0.0714. The Morgan fingerprint density at radius 1 is 0.889 bits per heavy atom. The maximum absolute atomic E-state index is 12.6. The van der Waals surface area contributed by atoms with Crippen molar-refractivity contribution in [3.8, 4) is 28.3 Å². The van der Waals surface area contributed by atoms with Crippen molar-refractivity contribution in [2.45, 2.75) is 13.1 Å². The van der Waals surface area contributed by atoms with Crippen LogP contribution in [0.5, 0.6) is 5.75 Å². The van der Waals surface area contributed by atoms with E-state index in [0.29, 0.717) is 30.5 Å². The van der Waals surface area contributed by atoms with Crippen LogP contribution in [0, 0.1) is 0 Å². The zero-order chi connectivity index (χ0) is 24.3. The Bertz CT molecular complexity index is 1500. The van der Waals surface area contributed by atoms with Crippen molar-refractivity contribution in [2.24, 2.45) is 0 Å². The minimum absolute atomic E-state index is 0.361. The highest BCUT2D eigenvalue weighted by Crippen LogP contribution is 2.29. The maximum atomic E-state index is 12.6. The summed E-state index contributed by atoms with van der Waals surface area (Å²) >= 11 is 0. The van der Waals surface area contributed by atoms with Crippen molar-refractivity contribution >= 4 is 17.6 Å². The number of hydrogen-bond donors (Lipinski definition) is 2. The molecule has 0 spiro atoms. The quantitative estimate of drug-likeness (QED) is 0.335. The summed E-state index contributed by atoms with van der Waals surface area (Å²) in [5.74, 6) is 1.85. The molecule has 6 rings (SSSR count). The number of rotatable bonds is 5. The number of hydrogen-bond acceptors (Lipinski definition) is 6. The number of benzene rings is 3. The number of aromatic nitrogens is 4. The summed E-state index contributed by atoms with van der Waals surface area (Å²) in [5.41, 5.74) is 6.09. The summed E-state index contributed by atoms with van der Waals surface area (Å²) in [7, 11) is 0. The summed E-state index contributed by atoms with van der Waals surface area (Å²) in [6.45, 7) is 0.994. The van der Waals surface area contributed by atoms with Gasteiger partial charge in [0, 0.05) is 42.3 Å². The SMILES string of the molecule is O=C(Oc1ccccc1)N1Cc2ccc(-c3nccc(Nc4ccc(-c5cn[nH]c5)cc4)n3)cc2C1. The first-order valence-electron chi connectivity index (χ1n) is 11.5. The molecular formula is C28H22N6O2. The number of amides is 1. The van der Waals surface area contributed by atoms with Crippen LogP contribution in [0.25, 0.3) is 22.5 Å². The molecule has 8 heteroatoms. The first-order chi connectivity index (χ1) is 17.7. The van der Waals surface area contributed by atoms with E-state index >= 15 is 0 Å². The molecule has 2 N–H and O–H groups in total. The second-order valence-electron chi connectivity index (χ2n) is 8.48. The monoisotopic (exact) mass is 474 g/mol. The third-order valence-corrected chi connectivity index (χ3v) is 6.04. The summed E-state index contributed by atoms with van der Waals surface area (Å²) < 4.78 is 5.49. The van der Waals surface area contributed by atoms with Gasteiger partial charge < -0.3 is 10.1 Å². The normalized spacial score (nSPS) is 12.3. The van der Waals surface area contributed by atoms with Crippen LogP contribution in [-0.4, -0.2) is 31.2 Å². The molecule has 0 aliphatic carbocycles. The Balaban J connectivity index is 1.15. The van der Waals surface area contributed by atoms with Gasteiger partial charge in [-0.15, -0.1) is 0 Å². The van der Waals surface area contributed by atoms with Crippen molar-refractivity contribution in [1.82, 2.24) is 25.1 Å². The van der Waals surface area contributed by atoms with Crippen molar-refractivity contribution in [1.29, 1.82) is 0 Å². The average molecular weight is 475 g/mol. The van der Waals surface area contributed by atoms with Gasteiger partial charge in [-0.2, -0.15) is 5.10 Å². The third kappa shape index (κ3) is 4.52. The van der Waals surface area contributed by atoms with Crippen molar-refractivity contribution in [3.63, 3.8) is 0 Å². The lowest BCUT2D eigenvalue weighted by molar-refractivity contribution is 0.152. The lowest BCUT2D eigenvalue weighted by atomic mass is 10.1. The van der Waals surface area contributed by atoms with Gasteiger partial charge in [0.1, 0.15) is 11.6 Å². The van der Waals surface area contributed by atoms with E-state index in [1.165, 1.54) is 0 Å². The molecule has 0 atom stereocenters. The van der Waals surface area contributed by atoms with Gasteiger partial charge in [-0.1, -0.05) is 42.5 Å². The van der Waals surface area contributed by atoms with Crippen LogP contribution >= 0.6 is 0 Å². The standard InChI is InChI=1S/C28H22N6O2/c35-28(36-25-4-2-1-3-5-25)34-17-21-7-6-20(14-22(21)18-34)27-29-13-12-26(33-27)32-24-10-8-19(9-11-24)23-15-30-31-16-23/h1-16H,17-18H2,(H,30,31)(H,29,32,33). The minimum Gasteiger partial charge on any atom is -0.410 e. The van der Waals surface area contributed by atoms with Crippen molar-refractivity contribution < 1.29 is 9.53 Å². The number of H-pyrrole nitrogens is 1. The third-order valence-electron chi connectivity index (χ3n) is 6.04. The molecule has 0 saturated heterocycles. The molecular weight excluding hydrogens is 452 g/mol. The highest BCUT2D eigenvalue weighted by molar-refractivity contribution is 5.72. The molecule has 0 unspecified atom stereocenters. The van der Waals surface area contributed by atoms with E-state index in [9.17, 15) is 4.79 Å². The Kier molecular flexibility index (Phi) is 5.59. The van der Waals surface area contributed by atoms with E-state index in [0.717, 1.165) is 33.5 Å². The lowest BCUT2D eigenvalue weighted by Gasteiger charge is -2.14. The highest BCUT2D eigenvalue weighted by atomic mass is 16.6. The van der Waals surface area contributed by atoms with Gasteiger partial charge in [-0.05, 0) is 53.1 Å². The molecule has 0 bridgehead atoms. The number of nitrogens with one attached hydrogen (secondary N) is 2.